The summed E-state index contributed by atoms with van der Waals surface area (Å²) in [6.45, 7) is 4.78. The largest absolute Gasteiger partial charge is 0.424 e. The van der Waals surface area contributed by atoms with E-state index in [1.165, 1.54) is 0 Å². The fourth-order valence-electron chi connectivity index (χ4n) is 4.01. The van der Waals surface area contributed by atoms with Crippen molar-refractivity contribution >= 4 is 34.0 Å². The Balaban J connectivity index is 1.40. The van der Waals surface area contributed by atoms with Crippen LogP contribution in [0, 0.1) is 0 Å². The number of hydrogen-bond donors (Lipinski definition) is 3. The zero-order chi connectivity index (χ0) is 21.5. The molecule has 1 aliphatic rings. The first-order chi connectivity index (χ1) is 15.0. The van der Waals surface area contributed by atoms with Crippen molar-refractivity contribution in [3.8, 4) is 11.1 Å². The van der Waals surface area contributed by atoms with Crippen molar-refractivity contribution in [2.45, 2.75) is 19.2 Å². The van der Waals surface area contributed by atoms with Gasteiger partial charge < -0.3 is 25.9 Å². The minimum absolute atomic E-state index is 0.162. The average molecular weight is 419 g/mol. The fourth-order valence-corrected chi connectivity index (χ4v) is 4.01. The summed E-state index contributed by atoms with van der Waals surface area (Å²) in [5, 5.41) is 10.2. The highest BCUT2D eigenvalue weighted by Crippen LogP contribution is 2.28. The van der Waals surface area contributed by atoms with E-state index < -0.39 is 6.23 Å². The number of aliphatic hydroxyl groups excluding tert-OH is 1. The molecule has 0 saturated carbocycles. The Morgan fingerprint density at radius 1 is 0.968 bits per heavy atom. The zero-order valence-electron chi connectivity index (χ0n) is 17.3. The fraction of sp³-hybridized carbons (Fsp3) is 0.318. The number of nitrogen functional groups attached to an aromatic ring is 1. The van der Waals surface area contributed by atoms with Gasteiger partial charge in [-0.05, 0) is 42.3 Å². The van der Waals surface area contributed by atoms with Gasteiger partial charge in [-0.25, -0.2) is 4.98 Å². The lowest BCUT2D eigenvalue weighted by atomic mass is 10.0. The number of hydrogen-bond acceptors (Lipinski definition) is 9. The molecule has 160 valence electrons. The number of piperazine rings is 1. The number of aliphatic hydroxyl groups is 1. The number of nitrogens with two attached hydrogens (primary N) is 2. The lowest BCUT2D eigenvalue weighted by Crippen LogP contribution is -2.55. The van der Waals surface area contributed by atoms with E-state index in [0.29, 0.717) is 5.58 Å². The maximum absolute atomic E-state index is 10.2. The molecule has 2 aromatic heterocycles. The van der Waals surface area contributed by atoms with Gasteiger partial charge in [0.1, 0.15) is 17.6 Å². The third-order valence-electron chi connectivity index (χ3n) is 5.75. The van der Waals surface area contributed by atoms with Crippen molar-refractivity contribution in [3.63, 3.8) is 0 Å². The first-order valence-corrected chi connectivity index (χ1v) is 10.3. The molecule has 1 fully saturated rings. The number of nitrogens with zero attached hydrogens (tertiary/aromatic N) is 5. The molecule has 3 heterocycles. The Hall–Kier alpha value is -3.27. The molecule has 0 aliphatic carbocycles. The lowest BCUT2D eigenvalue weighted by Gasteiger charge is -2.38. The summed E-state index contributed by atoms with van der Waals surface area (Å²) in [4.78, 5) is 17.9. The van der Waals surface area contributed by atoms with Crippen LogP contribution >= 0.6 is 0 Å². The van der Waals surface area contributed by atoms with Crippen LogP contribution in [-0.4, -0.2) is 63.4 Å². The summed E-state index contributed by atoms with van der Waals surface area (Å²) in [5.41, 5.74) is 16.6. The molecular formula is C22H25N7O2. The third kappa shape index (κ3) is 3.78. The van der Waals surface area contributed by atoms with Crippen LogP contribution in [0.25, 0.3) is 33.3 Å². The monoisotopic (exact) mass is 419 g/mol. The van der Waals surface area contributed by atoms with Gasteiger partial charge in [-0.1, -0.05) is 12.1 Å². The van der Waals surface area contributed by atoms with Crippen LogP contribution in [0.5, 0.6) is 0 Å². The van der Waals surface area contributed by atoms with Crippen molar-refractivity contribution in [2.75, 3.05) is 36.8 Å². The lowest BCUT2D eigenvalue weighted by molar-refractivity contribution is -0.0140. The van der Waals surface area contributed by atoms with E-state index in [1.807, 2.05) is 54.4 Å². The van der Waals surface area contributed by atoms with Gasteiger partial charge in [0.15, 0.2) is 5.58 Å². The molecule has 1 saturated heterocycles. The predicted octanol–water partition coefficient (Wildman–Crippen LogP) is 1.81. The van der Waals surface area contributed by atoms with Crippen LogP contribution in [0.1, 0.15) is 6.92 Å². The number of fused-ring (bicyclic) bond motifs is 2. The van der Waals surface area contributed by atoms with E-state index in [2.05, 4.69) is 14.9 Å². The number of aromatic nitrogens is 3. The second-order valence-electron chi connectivity index (χ2n) is 7.96. The minimum atomic E-state index is -0.621. The molecule has 9 nitrogen and oxygen atoms in total. The summed E-state index contributed by atoms with van der Waals surface area (Å²) in [7, 11) is 0. The van der Waals surface area contributed by atoms with Gasteiger partial charge in [0.25, 0.3) is 6.01 Å². The number of anilines is 2. The predicted molar refractivity (Wildman–Crippen MR) is 120 cm³/mol. The van der Waals surface area contributed by atoms with Gasteiger partial charge in [-0.3, -0.25) is 9.88 Å². The van der Waals surface area contributed by atoms with Crippen LogP contribution in [-0.2, 0) is 0 Å². The molecule has 0 radical (unpaired) electrons. The van der Waals surface area contributed by atoms with Crippen molar-refractivity contribution < 1.29 is 9.52 Å². The molecule has 2 atom stereocenters. The molecule has 2 aromatic carbocycles. The smallest absolute Gasteiger partial charge is 0.292 e. The molecule has 2 unspecified atom stereocenters. The van der Waals surface area contributed by atoms with E-state index in [1.54, 1.807) is 0 Å². The van der Waals surface area contributed by atoms with Crippen molar-refractivity contribution in [2.24, 2.45) is 5.73 Å². The second-order valence-corrected chi connectivity index (χ2v) is 7.96. The maximum atomic E-state index is 10.2. The Morgan fingerprint density at radius 2 is 1.68 bits per heavy atom. The van der Waals surface area contributed by atoms with Crippen LogP contribution in [0.15, 0.2) is 47.0 Å². The molecule has 0 amide bonds. The average Bonchev–Trinajstić information content (AvgIpc) is 3.17. The Kier molecular flexibility index (Phi) is 4.93. The molecule has 5 rings (SSSR count). The highest BCUT2D eigenvalue weighted by molar-refractivity contribution is 5.86. The quantitative estimate of drug-likeness (QED) is 0.453. The van der Waals surface area contributed by atoms with E-state index in [-0.39, 0.29) is 12.1 Å². The van der Waals surface area contributed by atoms with Crippen molar-refractivity contribution in [3.05, 3.63) is 42.6 Å². The molecule has 9 heteroatoms. The summed E-state index contributed by atoms with van der Waals surface area (Å²) < 4.78 is 5.36. The van der Waals surface area contributed by atoms with Crippen molar-refractivity contribution in [1.29, 1.82) is 0 Å². The van der Waals surface area contributed by atoms with E-state index >= 15 is 0 Å². The highest BCUT2D eigenvalue weighted by atomic mass is 16.4. The number of rotatable bonds is 4. The summed E-state index contributed by atoms with van der Waals surface area (Å²) in [6, 6.07) is 11.7. The molecule has 4 aromatic rings. The van der Waals surface area contributed by atoms with Gasteiger partial charge >= 0.3 is 0 Å². The molecule has 0 bridgehead atoms. The summed E-state index contributed by atoms with van der Waals surface area (Å²) in [6.07, 6.45) is 1.19. The first kappa shape index (κ1) is 19.7. The normalized spacial score (nSPS) is 17.3. The molecule has 31 heavy (non-hydrogen) atoms. The third-order valence-corrected chi connectivity index (χ3v) is 5.75. The van der Waals surface area contributed by atoms with Crippen LogP contribution in [0.4, 0.5) is 11.8 Å². The molecule has 5 N–H and O–H groups in total. The number of oxazole rings is 1. The summed E-state index contributed by atoms with van der Waals surface area (Å²) >= 11 is 0. The van der Waals surface area contributed by atoms with Crippen molar-refractivity contribution in [1.82, 2.24) is 19.9 Å². The van der Waals surface area contributed by atoms with Gasteiger partial charge in [0, 0.05) is 32.2 Å². The van der Waals surface area contributed by atoms with Gasteiger partial charge in [-0.2, -0.15) is 4.98 Å². The van der Waals surface area contributed by atoms with Gasteiger partial charge in [-0.15, -0.1) is 0 Å². The van der Waals surface area contributed by atoms with Crippen LogP contribution < -0.4 is 16.4 Å². The topological polar surface area (TPSA) is 131 Å². The SMILES string of the molecule is CC(N)C(O)N1CCN(c2cnc3ccc(-c4ccc5oc(N)nc5c4)cc3n2)CC1. The Morgan fingerprint density at radius 3 is 2.42 bits per heavy atom. The molecule has 1 aliphatic heterocycles. The second kappa shape index (κ2) is 7.77. The Bertz CT molecular complexity index is 1230. The van der Waals surface area contributed by atoms with Crippen LogP contribution in [0.3, 0.4) is 0 Å². The van der Waals surface area contributed by atoms with E-state index in [4.69, 9.17) is 20.9 Å². The molecule has 0 spiro atoms. The standard InChI is InChI=1S/C22H25N7O2/c1-13(23)21(30)29-8-6-28(7-9-29)20-12-25-16-4-2-14(10-17(16)26-20)15-3-5-19-18(11-15)27-22(24)31-19/h2-5,10-13,21,30H,6-9,23H2,1H3,(H2,24,27). The van der Waals surface area contributed by atoms with Gasteiger partial charge in [0.05, 0.1) is 17.2 Å². The van der Waals surface area contributed by atoms with Gasteiger partial charge in [0.2, 0.25) is 0 Å². The minimum Gasteiger partial charge on any atom is -0.424 e. The highest BCUT2D eigenvalue weighted by Gasteiger charge is 2.25. The summed E-state index contributed by atoms with van der Waals surface area (Å²) in [5.74, 6) is 0.833. The van der Waals surface area contributed by atoms with E-state index in [9.17, 15) is 5.11 Å². The number of benzene rings is 2. The molecular weight excluding hydrogens is 394 g/mol. The Labute approximate surface area is 179 Å². The van der Waals surface area contributed by atoms with E-state index in [0.717, 1.165) is 59.7 Å². The maximum Gasteiger partial charge on any atom is 0.292 e. The van der Waals surface area contributed by atoms with Crippen LogP contribution in [0.2, 0.25) is 0 Å². The zero-order valence-corrected chi connectivity index (χ0v) is 17.3. The first-order valence-electron chi connectivity index (χ1n) is 10.3.